The Labute approximate surface area is 275 Å². The number of urea groups is 1. The monoisotopic (exact) mass is 650 g/mol. The zero-order chi connectivity index (χ0) is 34.1. The van der Waals surface area contributed by atoms with Gasteiger partial charge >= 0.3 is 6.03 Å². The Morgan fingerprint density at radius 1 is 1.13 bits per heavy atom. The fraction of sp³-hybridized carbons (Fsp3) is 0.500. The van der Waals surface area contributed by atoms with E-state index in [9.17, 15) is 19.5 Å². The summed E-state index contributed by atoms with van der Waals surface area (Å²) in [4.78, 5) is 47.5. The van der Waals surface area contributed by atoms with Crippen LogP contribution in [-0.2, 0) is 4.74 Å². The summed E-state index contributed by atoms with van der Waals surface area (Å²) in [6, 6.07) is 7.34. The number of likely N-dealkylation sites (N-methyl/N-ethyl adjacent to an activating group) is 1. The summed E-state index contributed by atoms with van der Waals surface area (Å²) >= 11 is 0. The molecule has 0 fully saturated rings. The molecule has 4 rings (SSSR count). The third kappa shape index (κ3) is 9.29. The number of benzene rings is 1. The highest BCUT2D eigenvalue weighted by Gasteiger charge is 2.31. The molecule has 0 bridgehead atoms. The average molecular weight is 651 g/mol. The van der Waals surface area contributed by atoms with Crippen LogP contribution in [0.15, 0.2) is 47.2 Å². The molecule has 254 valence electrons. The minimum absolute atomic E-state index is 0.195. The Kier molecular flexibility index (Phi) is 12.3. The van der Waals surface area contributed by atoms with E-state index < -0.39 is 12.1 Å². The molecule has 3 aromatic rings. The van der Waals surface area contributed by atoms with Gasteiger partial charge in [-0.25, -0.2) is 4.79 Å². The number of aromatic nitrogens is 2. The number of ether oxygens (including phenoxy) is 2. The van der Waals surface area contributed by atoms with E-state index in [0.29, 0.717) is 40.7 Å². The van der Waals surface area contributed by atoms with Crippen molar-refractivity contribution in [1.29, 1.82) is 0 Å². The molecule has 0 aliphatic carbocycles. The number of carbonyl (C=O) groups is 3. The number of hydrogen-bond acceptors (Lipinski definition) is 9. The second-order valence-corrected chi connectivity index (χ2v) is 12.2. The van der Waals surface area contributed by atoms with E-state index in [-0.39, 0.29) is 55.1 Å². The molecule has 47 heavy (non-hydrogen) atoms. The summed E-state index contributed by atoms with van der Waals surface area (Å²) in [5.41, 5.74) is 2.23. The summed E-state index contributed by atoms with van der Waals surface area (Å²) < 4.78 is 17.8. The van der Waals surface area contributed by atoms with Crippen molar-refractivity contribution in [2.75, 3.05) is 44.0 Å². The molecular formula is C34H46N6O7. The van der Waals surface area contributed by atoms with Crippen molar-refractivity contribution in [2.45, 2.75) is 72.1 Å². The summed E-state index contributed by atoms with van der Waals surface area (Å²) in [5.74, 6) is -0.0268. The van der Waals surface area contributed by atoms with Crippen LogP contribution in [0, 0.1) is 19.8 Å². The first-order valence-electron chi connectivity index (χ1n) is 16.0. The lowest BCUT2D eigenvalue weighted by Crippen LogP contribution is -2.48. The lowest BCUT2D eigenvalue weighted by molar-refractivity contribution is -0.0115. The van der Waals surface area contributed by atoms with E-state index in [1.54, 1.807) is 68.0 Å². The van der Waals surface area contributed by atoms with Crippen LogP contribution in [0.25, 0.3) is 0 Å². The van der Waals surface area contributed by atoms with Gasteiger partial charge in [0, 0.05) is 56.3 Å². The van der Waals surface area contributed by atoms with Gasteiger partial charge in [0.25, 0.3) is 11.8 Å². The largest absolute Gasteiger partial charge is 0.490 e. The lowest BCUT2D eigenvalue weighted by atomic mass is 10.0. The van der Waals surface area contributed by atoms with Crippen LogP contribution < -0.4 is 15.4 Å². The minimum atomic E-state index is -0.542. The van der Waals surface area contributed by atoms with Crippen molar-refractivity contribution < 1.29 is 33.5 Å². The maximum absolute atomic E-state index is 14.3. The smallest absolute Gasteiger partial charge is 0.321 e. The van der Waals surface area contributed by atoms with Crippen LogP contribution in [0.2, 0.25) is 0 Å². The Morgan fingerprint density at radius 2 is 1.87 bits per heavy atom. The first-order valence-corrected chi connectivity index (χ1v) is 16.0. The zero-order valence-corrected chi connectivity index (χ0v) is 28.0. The number of aliphatic hydroxyl groups is 1. The maximum atomic E-state index is 14.3. The molecule has 0 saturated carbocycles. The van der Waals surface area contributed by atoms with Gasteiger partial charge in [0.15, 0.2) is 5.76 Å². The molecule has 3 N–H and O–H groups in total. The highest BCUT2D eigenvalue weighted by Crippen LogP contribution is 2.29. The number of aryl methyl sites for hydroxylation is 2. The second kappa shape index (κ2) is 16.4. The Bertz CT molecular complexity index is 1490. The van der Waals surface area contributed by atoms with Gasteiger partial charge in [0.1, 0.15) is 17.1 Å². The lowest BCUT2D eigenvalue weighted by Gasteiger charge is -2.35. The van der Waals surface area contributed by atoms with Gasteiger partial charge in [-0.3, -0.25) is 14.6 Å². The molecule has 0 unspecified atom stereocenters. The molecule has 4 atom stereocenters. The molecule has 1 aromatic carbocycles. The number of nitrogens with one attached hydrogen (secondary N) is 2. The first-order chi connectivity index (χ1) is 22.5. The third-order valence-electron chi connectivity index (χ3n) is 8.32. The number of anilines is 2. The van der Waals surface area contributed by atoms with E-state index in [4.69, 9.17) is 14.0 Å². The Hall–Kier alpha value is -4.49. The van der Waals surface area contributed by atoms with Crippen LogP contribution in [0.1, 0.15) is 72.2 Å². The van der Waals surface area contributed by atoms with Gasteiger partial charge in [-0.2, -0.15) is 0 Å². The summed E-state index contributed by atoms with van der Waals surface area (Å²) in [5, 5.41) is 19.8. The predicted octanol–water partition coefficient (Wildman–Crippen LogP) is 4.90. The quantitative estimate of drug-likeness (QED) is 0.323. The van der Waals surface area contributed by atoms with Gasteiger partial charge in [0.05, 0.1) is 30.4 Å². The van der Waals surface area contributed by atoms with E-state index in [1.165, 1.54) is 12.4 Å². The Balaban J connectivity index is 1.60. The second-order valence-electron chi connectivity index (χ2n) is 12.2. The molecule has 0 saturated heterocycles. The topological polar surface area (TPSA) is 159 Å². The summed E-state index contributed by atoms with van der Waals surface area (Å²) in [6.45, 7) is 9.86. The molecule has 2 aromatic heterocycles. The van der Waals surface area contributed by atoms with Crippen molar-refractivity contribution in [3.8, 4) is 5.75 Å². The number of amides is 4. The van der Waals surface area contributed by atoms with Crippen LogP contribution in [0.5, 0.6) is 5.75 Å². The van der Waals surface area contributed by atoms with E-state index in [2.05, 4.69) is 20.8 Å². The van der Waals surface area contributed by atoms with Crippen LogP contribution in [-0.4, -0.2) is 94.5 Å². The minimum Gasteiger partial charge on any atom is -0.490 e. The number of carbonyl (C=O) groups excluding carboxylic acids is 3. The first kappa shape index (κ1) is 35.4. The predicted molar refractivity (Wildman–Crippen MR) is 177 cm³/mol. The van der Waals surface area contributed by atoms with Gasteiger partial charge in [-0.15, -0.1) is 0 Å². The molecule has 4 amide bonds. The number of nitrogens with zero attached hydrogens (tertiary/aromatic N) is 4. The van der Waals surface area contributed by atoms with Crippen molar-refractivity contribution in [3.05, 3.63) is 65.3 Å². The third-order valence-corrected chi connectivity index (χ3v) is 8.32. The van der Waals surface area contributed by atoms with Crippen LogP contribution in [0.3, 0.4) is 0 Å². The Morgan fingerprint density at radius 3 is 2.55 bits per heavy atom. The van der Waals surface area contributed by atoms with Gasteiger partial charge in [0.2, 0.25) is 0 Å². The molecule has 1 aliphatic rings. The van der Waals surface area contributed by atoms with E-state index in [1.807, 2.05) is 13.8 Å². The van der Waals surface area contributed by atoms with Crippen molar-refractivity contribution in [2.24, 2.45) is 5.92 Å². The molecule has 1 aliphatic heterocycles. The molecule has 3 heterocycles. The molecular weight excluding hydrogens is 604 g/mol. The molecule has 13 nitrogen and oxygen atoms in total. The van der Waals surface area contributed by atoms with E-state index in [0.717, 1.165) is 19.3 Å². The van der Waals surface area contributed by atoms with Gasteiger partial charge < -0.3 is 39.5 Å². The molecule has 0 spiro atoms. The van der Waals surface area contributed by atoms with Crippen molar-refractivity contribution in [1.82, 2.24) is 19.9 Å². The van der Waals surface area contributed by atoms with Crippen molar-refractivity contribution in [3.63, 3.8) is 0 Å². The SMILES string of the molecule is Cc1noc(C)c1NC(=O)N(C)C[C@@H]1OCCCC[C@@H](C)Oc2ccc(NC(=O)c3ccncc3)cc2C(=O)N([C@H](C)CO)C[C@H]1C. The molecule has 13 heteroatoms. The molecule has 0 radical (unpaired) electrons. The normalized spacial score (nSPS) is 19.9. The highest BCUT2D eigenvalue weighted by molar-refractivity contribution is 6.05. The number of hydrogen-bond donors (Lipinski definition) is 3. The number of fused-ring (bicyclic) bond motifs is 1. The standard InChI is InChI=1S/C34H46N6O7/c1-21-18-40(22(2)20-41)33(43)28-17-27(36-32(42)26-12-14-35-15-13-26)10-11-29(28)46-23(3)9-7-8-16-45-30(21)19-39(6)34(44)37-31-24(4)38-47-25(31)5/h10-15,17,21-23,30,41H,7-9,16,18-20H2,1-6H3,(H,36,42)(H,37,44)/t21-,22-,23-,30+/m1/s1. The summed E-state index contributed by atoms with van der Waals surface area (Å²) in [6.07, 6.45) is 4.81. The maximum Gasteiger partial charge on any atom is 0.321 e. The number of aliphatic hydroxyl groups excluding tert-OH is 1. The highest BCUT2D eigenvalue weighted by atomic mass is 16.5. The van der Waals surface area contributed by atoms with E-state index >= 15 is 0 Å². The number of pyridine rings is 1. The summed E-state index contributed by atoms with van der Waals surface area (Å²) in [7, 11) is 1.69. The average Bonchev–Trinajstić information content (AvgIpc) is 3.38. The zero-order valence-electron chi connectivity index (χ0n) is 28.0. The number of rotatable bonds is 7. The fourth-order valence-corrected chi connectivity index (χ4v) is 5.39. The van der Waals surface area contributed by atoms with Gasteiger partial charge in [-0.05, 0) is 77.3 Å². The van der Waals surface area contributed by atoms with Crippen LogP contribution in [0.4, 0.5) is 16.2 Å². The fourth-order valence-electron chi connectivity index (χ4n) is 5.39. The van der Waals surface area contributed by atoms with Crippen LogP contribution >= 0.6 is 0 Å². The van der Waals surface area contributed by atoms with Gasteiger partial charge in [-0.1, -0.05) is 12.1 Å². The van der Waals surface area contributed by atoms with Crippen molar-refractivity contribution >= 4 is 29.2 Å².